The van der Waals surface area contributed by atoms with Gasteiger partial charge in [0, 0.05) is 13.6 Å². The molecule has 0 radical (unpaired) electrons. The standard InChI is InChI=1S/C10H11ClN2O/c1-13(5-6-14)10-4-2-3-9(11)8(10)7-12/h2-4,14H,5-6H2,1H3. The van der Waals surface area contributed by atoms with Crippen molar-refractivity contribution in [2.24, 2.45) is 0 Å². The fourth-order valence-corrected chi connectivity index (χ4v) is 1.42. The molecule has 1 aromatic rings. The summed E-state index contributed by atoms with van der Waals surface area (Å²) in [5, 5.41) is 18.1. The SMILES string of the molecule is CN(CCO)c1cccc(Cl)c1C#N. The topological polar surface area (TPSA) is 47.3 Å². The van der Waals surface area contributed by atoms with Crippen molar-refractivity contribution in [3.05, 3.63) is 28.8 Å². The molecule has 0 atom stereocenters. The summed E-state index contributed by atoms with van der Waals surface area (Å²) in [5.41, 5.74) is 1.19. The molecule has 0 aliphatic heterocycles. The van der Waals surface area contributed by atoms with Crippen LogP contribution in [0, 0.1) is 11.3 Å². The highest BCUT2D eigenvalue weighted by Gasteiger charge is 2.09. The molecule has 1 aromatic carbocycles. The van der Waals surface area contributed by atoms with Crippen LogP contribution in [-0.2, 0) is 0 Å². The normalized spacial score (nSPS) is 9.57. The minimum atomic E-state index is 0.0495. The van der Waals surface area contributed by atoms with Crippen molar-refractivity contribution in [1.82, 2.24) is 0 Å². The molecule has 0 bridgehead atoms. The summed E-state index contributed by atoms with van der Waals surface area (Å²) in [6.45, 7) is 0.531. The van der Waals surface area contributed by atoms with E-state index in [2.05, 4.69) is 0 Å². The Morgan fingerprint density at radius 3 is 2.86 bits per heavy atom. The molecule has 0 saturated carbocycles. The molecule has 0 spiro atoms. The highest BCUT2D eigenvalue weighted by Crippen LogP contribution is 2.25. The van der Waals surface area contributed by atoms with Crippen LogP contribution in [0.25, 0.3) is 0 Å². The van der Waals surface area contributed by atoms with Gasteiger partial charge in [0.1, 0.15) is 6.07 Å². The highest BCUT2D eigenvalue weighted by atomic mass is 35.5. The smallest absolute Gasteiger partial charge is 0.103 e. The monoisotopic (exact) mass is 210 g/mol. The lowest BCUT2D eigenvalue weighted by molar-refractivity contribution is 0.304. The third-order valence-electron chi connectivity index (χ3n) is 1.95. The molecular weight excluding hydrogens is 200 g/mol. The molecule has 3 nitrogen and oxygen atoms in total. The van der Waals surface area contributed by atoms with Crippen molar-refractivity contribution >= 4 is 17.3 Å². The van der Waals surface area contributed by atoms with E-state index in [1.54, 1.807) is 23.1 Å². The number of hydrogen-bond acceptors (Lipinski definition) is 3. The van der Waals surface area contributed by atoms with Gasteiger partial charge in [-0.15, -0.1) is 0 Å². The fraction of sp³-hybridized carbons (Fsp3) is 0.300. The van der Waals surface area contributed by atoms with Crippen LogP contribution in [0.5, 0.6) is 0 Å². The van der Waals surface area contributed by atoms with E-state index in [0.29, 0.717) is 17.1 Å². The molecule has 4 heteroatoms. The molecule has 0 fully saturated rings. The van der Waals surface area contributed by atoms with Crippen LogP contribution in [-0.4, -0.2) is 25.3 Å². The van der Waals surface area contributed by atoms with Gasteiger partial charge in [-0.3, -0.25) is 0 Å². The fourth-order valence-electron chi connectivity index (χ4n) is 1.21. The zero-order valence-corrected chi connectivity index (χ0v) is 8.62. The number of benzene rings is 1. The van der Waals surface area contributed by atoms with Crippen molar-refractivity contribution < 1.29 is 5.11 Å². The quantitative estimate of drug-likeness (QED) is 0.825. The third-order valence-corrected chi connectivity index (χ3v) is 2.27. The molecule has 1 N–H and O–H groups in total. The first-order chi connectivity index (χ1) is 6.70. The van der Waals surface area contributed by atoms with Gasteiger partial charge in [0.25, 0.3) is 0 Å². The number of nitriles is 1. The van der Waals surface area contributed by atoms with E-state index in [9.17, 15) is 0 Å². The van der Waals surface area contributed by atoms with E-state index < -0.39 is 0 Å². The van der Waals surface area contributed by atoms with E-state index >= 15 is 0 Å². The Bertz CT molecular complexity index is 360. The lowest BCUT2D eigenvalue weighted by Crippen LogP contribution is -2.22. The Morgan fingerprint density at radius 2 is 2.29 bits per heavy atom. The van der Waals surface area contributed by atoms with Crippen LogP contribution < -0.4 is 4.90 Å². The Balaban J connectivity index is 3.08. The van der Waals surface area contributed by atoms with Gasteiger partial charge in [-0.25, -0.2) is 0 Å². The summed E-state index contributed by atoms with van der Waals surface area (Å²) >= 11 is 5.86. The van der Waals surface area contributed by atoms with Crippen molar-refractivity contribution in [2.45, 2.75) is 0 Å². The second-order valence-electron chi connectivity index (χ2n) is 2.89. The zero-order valence-electron chi connectivity index (χ0n) is 7.87. The molecule has 0 aliphatic carbocycles. The Morgan fingerprint density at radius 1 is 1.57 bits per heavy atom. The minimum Gasteiger partial charge on any atom is -0.395 e. The molecule has 0 heterocycles. The number of aliphatic hydroxyl groups is 1. The first kappa shape index (κ1) is 10.8. The first-order valence-electron chi connectivity index (χ1n) is 4.21. The second kappa shape index (κ2) is 4.85. The van der Waals surface area contributed by atoms with Gasteiger partial charge >= 0.3 is 0 Å². The van der Waals surface area contributed by atoms with Crippen molar-refractivity contribution in [1.29, 1.82) is 5.26 Å². The van der Waals surface area contributed by atoms with Crippen LogP contribution in [0.1, 0.15) is 5.56 Å². The van der Waals surface area contributed by atoms with Gasteiger partial charge in [0.15, 0.2) is 0 Å². The molecule has 0 unspecified atom stereocenters. The molecule has 0 aliphatic rings. The third kappa shape index (κ3) is 2.16. The summed E-state index contributed by atoms with van der Waals surface area (Å²) in [6, 6.07) is 7.31. The molecule has 0 saturated heterocycles. The van der Waals surface area contributed by atoms with Crippen LogP contribution in [0.3, 0.4) is 0 Å². The number of rotatable bonds is 3. The minimum absolute atomic E-state index is 0.0495. The number of nitrogens with zero attached hydrogens (tertiary/aromatic N) is 2. The second-order valence-corrected chi connectivity index (χ2v) is 3.30. The Hall–Kier alpha value is -1.24. The average molecular weight is 211 g/mol. The summed E-state index contributed by atoms with van der Waals surface area (Å²) in [7, 11) is 1.81. The molecule has 0 amide bonds. The summed E-state index contributed by atoms with van der Waals surface area (Å²) in [4.78, 5) is 1.80. The van der Waals surface area contributed by atoms with Gasteiger partial charge in [-0.1, -0.05) is 17.7 Å². The Kier molecular flexibility index (Phi) is 3.75. The van der Waals surface area contributed by atoms with E-state index in [0.717, 1.165) is 5.69 Å². The number of likely N-dealkylation sites (N-methyl/N-ethyl adjacent to an activating group) is 1. The largest absolute Gasteiger partial charge is 0.395 e. The lowest BCUT2D eigenvalue weighted by Gasteiger charge is -2.19. The van der Waals surface area contributed by atoms with Crippen LogP contribution >= 0.6 is 11.6 Å². The van der Waals surface area contributed by atoms with Crippen molar-refractivity contribution in [2.75, 3.05) is 25.1 Å². The molecule has 0 aromatic heterocycles. The summed E-state index contributed by atoms with van der Waals surface area (Å²) in [5.74, 6) is 0. The number of halogens is 1. The van der Waals surface area contributed by atoms with Gasteiger partial charge in [-0.2, -0.15) is 5.26 Å². The van der Waals surface area contributed by atoms with Gasteiger partial charge in [0.05, 0.1) is 22.9 Å². The maximum atomic E-state index is 8.89. The predicted molar refractivity (Wildman–Crippen MR) is 56.5 cm³/mol. The molecular formula is C10H11ClN2O. The van der Waals surface area contributed by atoms with E-state index in [1.165, 1.54) is 0 Å². The van der Waals surface area contributed by atoms with Crippen LogP contribution in [0.15, 0.2) is 18.2 Å². The predicted octanol–water partition coefficient (Wildman–Crippen LogP) is 1.64. The van der Waals surface area contributed by atoms with Gasteiger partial charge < -0.3 is 10.0 Å². The van der Waals surface area contributed by atoms with Gasteiger partial charge in [-0.05, 0) is 12.1 Å². The summed E-state index contributed by atoms with van der Waals surface area (Å²) < 4.78 is 0. The Labute approximate surface area is 88.1 Å². The van der Waals surface area contributed by atoms with Crippen LogP contribution in [0.2, 0.25) is 5.02 Å². The van der Waals surface area contributed by atoms with Gasteiger partial charge in [0.2, 0.25) is 0 Å². The zero-order chi connectivity index (χ0) is 10.6. The maximum Gasteiger partial charge on any atom is 0.103 e. The van der Waals surface area contributed by atoms with E-state index in [1.807, 2.05) is 13.1 Å². The lowest BCUT2D eigenvalue weighted by atomic mass is 10.2. The first-order valence-corrected chi connectivity index (χ1v) is 4.59. The number of hydrogen-bond donors (Lipinski definition) is 1. The van der Waals surface area contributed by atoms with E-state index in [-0.39, 0.29) is 6.61 Å². The average Bonchev–Trinajstić information content (AvgIpc) is 2.17. The summed E-state index contributed by atoms with van der Waals surface area (Å²) in [6.07, 6.45) is 0. The van der Waals surface area contributed by atoms with E-state index in [4.69, 9.17) is 22.0 Å². The number of anilines is 1. The molecule has 1 rings (SSSR count). The van der Waals surface area contributed by atoms with Crippen LogP contribution in [0.4, 0.5) is 5.69 Å². The van der Waals surface area contributed by atoms with Crippen molar-refractivity contribution in [3.63, 3.8) is 0 Å². The highest BCUT2D eigenvalue weighted by molar-refractivity contribution is 6.32. The van der Waals surface area contributed by atoms with Crippen molar-refractivity contribution in [3.8, 4) is 6.07 Å². The molecule has 74 valence electrons. The maximum absolute atomic E-state index is 8.89. The molecule has 14 heavy (non-hydrogen) atoms. The number of aliphatic hydroxyl groups excluding tert-OH is 1.